The van der Waals surface area contributed by atoms with Gasteiger partial charge in [0.2, 0.25) is 5.91 Å². The minimum atomic E-state index is 0.0445. The van der Waals surface area contributed by atoms with Crippen LogP contribution < -0.4 is 5.32 Å². The molecule has 3 unspecified atom stereocenters. The maximum absolute atomic E-state index is 12.6. The first-order valence-corrected chi connectivity index (χ1v) is 10.1. The van der Waals surface area contributed by atoms with E-state index in [2.05, 4.69) is 37.2 Å². The molecular formula is C17H34N2OS. The second-order valence-corrected chi connectivity index (χ2v) is 7.26. The molecule has 21 heavy (non-hydrogen) atoms. The van der Waals surface area contributed by atoms with Crippen molar-refractivity contribution < 1.29 is 4.79 Å². The summed E-state index contributed by atoms with van der Waals surface area (Å²) in [6.07, 6.45) is 10.7. The molecule has 1 aliphatic rings. The van der Waals surface area contributed by atoms with Crippen LogP contribution in [0.5, 0.6) is 0 Å². The second kappa shape index (κ2) is 10.5. The molecule has 1 rings (SSSR count). The lowest BCUT2D eigenvalue weighted by Crippen LogP contribution is -2.38. The van der Waals surface area contributed by atoms with Crippen LogP contribution >= 0.6 is 11.8 Å². The molecule has 4 heteroatoms. The first-order valence-electron chi connectivity index (χ1n) is 8.71. The summed E-state index contributed by atoms with van der Waals surface area (Å²) in [7, 11) is 0. The van der Waals surface area contributed by atoms with E-state index in [1.165, 1.54) is 25.0 Å². The van der Waals surface area contributed by atoms with Gasteiger partial charge in [-0.3, -0.25) is 10.1 Å². The van der Waals surface area contributed by atoms with Crippen LogP contribution in [-0.4, -0.2) is 41.6 Å². The molecule has 0 aliphatic carbocycles. The van der Waals surface area contributed by atoms with E-state index in [0.29, 0.717) is 11.8 Å². The lowest BCUT2D eigenvalue weighted by Gasteiger charge is -2.23. The molecule has 0 spiro atoms. The highest BCUT2D eigenvalue weighted by atomic mass is 32.2. The van der Waals surface area contributed by atoms with Crippen LogP contribution in [0.4, 0.5) is 0 Å². The Labute approximate surface area is 135 Å². The first kappa shape index (κ1) is 18.8. The standard InChI is InChI=1S/C17H34N2OS/c1-5-11-15-18-16(14(3)6-2)17(20)19(15)12-9-7-8-10-13-21-4/h14-16,18H,5-13H2,1-4H3. The van der Waals surface area contributed by atoms with Gasteiger partial charge in [0.1, 0.15) is 0 Å². The molecule has 0 aromatic heterocycles. The van der Waals surface area contributed by atoms with E-state index in [9.17, 15) is 4.79 Å². The Kier molecular flexibility index (Phi) is 9.41. The van der Waals surface area contributed by atoms with Crippen molar-refractivity contribution in [3.8, 4) is 0 Å². The summed E-state index contributed by atoms with van der Waals surface area (Å²) >= 11 is 1.92. The van der Waals surface area contributed by atoms with Gasteiger partial charge in [0.05, 0.1) is 12.2 Å². The number of hydrogen-bond donors (Lipinski definition) is 1. The average Bonchev–Trinajstić information content (AvgIpc) is 2.79. The predicted octanol–water partition coefficient (Wildman–Crippen LogP) is 3.88. The number of carbonyl (C=O) groups is 1. The molecule has 1 N–H and O–H groups in total. The third-order valence-corrected chi connectivity index (χ3v) is 5.27. The molecule has 0 radical (unpaired) electrons. The minimum absolute atomic E-state index is 0.0445. The van der Waals surface area contributed by atoms with E-state index >= 15 is 0 Å². The summed E-state index contributed by atoms with van der Waals surface area (Å²) in [4.78, 5) is 14.7. The molecule has 0 saturated carbocycles. The molecule has 3 nitrogen and oxygen atoms in total. The minimum Gasteiger partial charge on any atom is -0.326 e. The molecule has 1 aliphatic heterocycles. The van der Waals surface area contributed by atoms with Crippen molar-refractivity contribution in [2.45, 2.75) is 77.9 Å². The van der Waals surface area contributed by atoms with Crippen LogP contribution in [0.15, 0.2) is 0 Å². The summed E-state index contributed by atoms with van der Waals surface area (Å²) in [6, 6.07) is 0.0445. The fourth-order valence-corrected chi connectivity index (χ4v) is 3.50. The summed E-state index contributed by atoms with van der Waals surface area (Å²) in [5.41, 5.74) is 0. The number of amides is 1. The monoisotopic (exact) mass is 314 g/mol. The van der Waals surface area contributed by atoms with Gasteiger partial charge in [0, 0.05) is 6.54 Å². The predicted molar refractivity (Wildman–Crippen MR) is 93.6 cm³/mol. The third kappa shape index (κ3) is 5.82. The summed E-state index contributed by atoms with van der Waals surface area (Å²) in [5.74, 6) is 2.04. The number of hydrogen-bond acceptors (Lipinski definition) is 3. The van der Waals surface area contributed by atoms with Crippen molar-refractivity contribution in [3.63, 3.8) is 0 Å². The zero-order chi connectivity index (χ0) is 15.7. The van der Waals surface area contributed by atoms with E-state index in [-0.39, 0.29) is 12.2 Å². The zero-order valence-corrected chi connectivity index (χ0v) is 15.2. The van der Waals surface area contributed by atoms with Gasteiger partial charge in [-0.1, -0.05) is 46.5 Å². The van der Waals surface area contributed by atoms with Gasteiger partial charge in [0.15, 0.2) is 0 Å². The molecule has 0 aromatic rings. The quantitative estimate of drug-likeness (QED) is 0.587. The van der Waals surface area contributed by atoms with Crippen LogP contribution in [-0.2, 0) is 4.79 Å². The number of unbranched alkanes of at least 4 members (excludes halogenated alkanes) is 3. The fraction of sp³-hybridized carbons (Fsp3) is 0.941. The number of nitrogens with zero attached hydrogens (tertiary/aromatic N) is 1. The van der Waals surface area contributed by atoms with Crippen LogP contribution in [0.2, 0.25) is 0 Å². The summed E-state index contributed by atoms with van der Waals surface area (Å²) in [6.45, 7) is 7.49. The molecule has 0 bridgehead atoms. The SMILES string of the molecule is CCCC1NC(C(C)CC)C(=O)N1CCCCCCSC. The van der Waals surface area contributed by atoms with Crippen LogP contribution in [0, 0.1) is 5.92 Å². The molecule has 1 saturated heterocycles. The third-order valence-electron chi connectivity index (χ3n) is 4.57. The highest BCUT2D eigenvalue weighted by Crippen LogP contribution is 2.22. The maximum Gasteiger partial charge on any atom is 0.241 e. The topological polar surface area (TPSA) is 32.3 Å². The fourth-order valence-electron chi connectivity index (χ4n) is 3.00. The zero-order valence-electron chi connectivity index (χ0n) is 14.4. The smallest absolute Gasteiger partial charge is 0.241 e. The van der Waals surface area contributed by atoms with Gasteiger partial charge in [-0.25, -0.2) is 0 Å². The normalized spacial score (nSPS) is 23.8. The Balaban J connectivity index is 2.42. The van der Waals surface area contributed by atoms with Crippen LogP contribution in [0.25, 0.3) is 0 Å². The van der Waals surface area contributed by atoms with E-state index in [0.717, 1.165) is 32.2 Å². The van der Waals surface area contributed by atoms with Crippen molar-refractivity contribution in [2.75, 3.05) is 18.6 Å². The number of thioether (sulfide) groups is 1. The van der Waals surface area contributed by atoms with Crippen LogP contribution in [0.3, 0.4) is 0 Å². The Morgan fingerprint density at radius 2 is 1.95 bits per heavy atom. The Morgan fingerprint density at radius 1 is 1.24 bits per heavy atom. The molecule has 1 fully saturated rings. The summed E-state index contributed by atoms with van der Waals surface area (Å²) < 4.78 is 0. The molecule has 124 valence electrons. The Morgan fingerprint density at radius 3 is 2.57 bits per heavy atom. The van der Waals surface area contributed by atoms with Crippen molar-refractivity contribution in [3.05, 3.63) is 0 Å². The van der Waals surface area contributed by atoms with Crippen molar-refractivity contribution in [2.24, 2.45) is 5.92 Å². The summed E-state index contributed by atoms with van der Waals surface area (Å²) in [5, 5.41) is 3.58. The molecule has 1 amide bonds. The van der Waals surface area contributed by atoms with Crippen molar-refractivity contribution in [1.82, 2.24) is 10.2 Å². The molecule has 0 aromatic carbocycles. The van der Waals surface area contributed by atoms with E-state index in [1.54, 1.807) is 0 Å². The molecule has 1 heterocycles. The van der Waals surface area contributed by atoms with Gasteiger partial charge >= 0.3 is 0 Å². The first-order chi connectivity index (χ1) is 10.2. The highest BCUT2D eigenvalue weighted by molar-refractivity contribution is 7.98. The lowest BCUT2D eigenvalue weighted by atomic mass is 9.99. The largest absolute Gasteiger partial charge is 0.326 e. The van der Waals surface area contributed by atoms with Crippen LogP contribution in [0.1, 0.15) is 65.7 Å². The number of rotatable bonds is 11. The van der Waals surface area contributed by atoms with E-state index in [4.69, 9.17) is 0 Å². The molecule has 3 atom stereocenters. The maximum atomic E-state index is 12.6. The van der Waals surface area contributed by atoms with Gasteiger partial charge in [-0.15, -0.1) is 0 Å². The van der Waals surface area contributed by atoms with Gasteiger partial charge in [0.25, 0.3) is 0 Å². The second-order valence-electron chi connectivity index (χ2n) is 6.27. The van der Waals surface area contributed by atoms with E-state index < -0.39 is 0 Å². The number of carbonyl (C=O) groups excluding carboxylic acids is 1. The average molecular weight is 315 g/mol. The Hall–Kier alpha value is -0.220. The van der Waals surface area contributed by atoms with E-state index in [1.807, 2.05) is 11.8 Å². The lowest BCUT2D eigenvalue weighted by molar-refractivity contribution is -0.131. The van der Waals surface area contributed by atoms with Gasteiger partial charge < -0.3 is 4.90 Å². The Bertz CT molecular complexity index is 299. The van der Waals surface area contributed by atoms with Gasteiger partial charge in [-0.05, 0) is 37.2 Å². The van der Waals surface area contributed by atoms with Crippen molar-refractivity contribution >= 4 is 17.7 Å². The number of nitrogens with one attached hydrogen (secondary N) is 1. The highest BCUT2D eigenvalue weighted by Gasteiger charge is 2.39. The van der Waals surface area contributed by atoms with Crippen molar-refractivity contribution in [1.29, 1.82) is 0 Å². The van der Waals surface area contributed by atoms with Gasteiger partial charge in [-0.2, -0.15) is 11.8 Å². The molecular weight excluding hydrogens is 280 g/mol.